The molecule has 1 aliphatic heterocycles. The largest absolute Gasteiger partial charge is 0.493 e. The SMILES string of the molecule is CCOc1ccc(/C=C2\SC(=O)N(Cc3c(F)cccc3Cl)C2=O)cc1Br. The van der Waals surface area contributed by atoms with Crippen molar-refractivity contribution >= 4 is 56.5 Å². The molecule has 3 rings (SSSR count). The predicted molar refractivity (Wildman–Crippen MR) is 108 cm³/mol. The molecule has 2 amide bonds. The number of ether oxygens (including phenoxy) is 1. The second kappa shape index (κ2) is 8.46. The summed E-state index contributed by atoms with van der Waals surface area (Å²) in [6, 6.07) is 9.60. The molecule has 0 bridgehead atoms. The Morgan fingerprint density at radius 2 is 2.07 bits per heavy atom. The average Bonchev–Trinajstić information content (AvgIpc) is 2.87. The minimum Gasteiger partial charge on any atom is -0.493 e. The van der Waals surface area contributed by atoms with Crippen molar-refractivity contribution in [3.63, 3.8) is 0 Å². The lowest BCUT2D eigenvalue weighted by Gasteiger charge is -2.14. The van der Waals surface area contributed by atoms with Gasteiger partial charge in [-0.3, -0.25) is 14.5 Å². The highest BCUT2D eigenvalue weighted by Crippen LogP contribution is 2.35. The van der Waals surface area contributed by atoms with E-state index >= 15 is 0 Å². The maximum absolute atomic E-state index is 14.0. The Morgan fingerprint density at radius 3 is 2.74 bits per heavy atom. The predicted octanol–water partition coefficient (Wildman–Crippen LogP) is 5.88. The molecule has 1 saturated heterocycles. The van der Waals surface area contributed by atoms with E-state index in [1.54, 1.807) is 24.3 Å². The molecule has 0 radical (unpaired) electrons. The van der Waals surface area contributed by atoms with Crippen LogP contribution in [0.3, 0.4) is 0 Å². The van der Waals surface area contributed by atoms with Gasteiger partial charge < -0.3 is 4.74 Å². The van der Waals surface area contributed by atoms with Gasteiger partial charge in [0.1, 0.15) is 11.6 Å². The third kappa shape index (κ3) is 4.36. The summed E-state index contributed by atoms with van der Waals surface area (Å²) in [6.45, 7) is 2.22. The number of rotatable bonds is 5. The smallest absolute Gasteiger partial charge is 0.293 e. The van der Waals surface area contributed by atoms with Gasteiger partial charge in [-0.05, 0) is 70.5 Å². The van der Waals surface area contributed by atoms with Gasteiger partial charge in [0.2, 0.25) is 0 Å². The van der Waals surface area contributed by atoms with Crippen LogP contribution >= 0.6 is 39.3 Å². The van der Waals surface area contributed by atoms with Crippen LogP contribution in [0.2, 0.25) is 5.02 Å². The number of hydrogen-bond acceptors (Lipinski definition) is 4. The lowest BCUT2D eigenvalue weighted by atomic mass is 10.2. The quantitative estimate of drug-likeness (QED) is 0.512. The Kier molecular flexibility index (Phi) is 6.24. The first-order valence-electron chi connectivity index (χ1n) is 8.01. The zero-order valence-electron chi connectivity index (χ0n) is 14.2. The molecule has 1 heterocycles. The molecule has 4 nitrogen and oxygen atoms in total. The molecule has 0 N–H and O–H groups in total. The summed E-state index contributed by atoms with van der Waals surface area (Å²) < 4.78 is 20.2. The third-order valence-corrected chi connectivity index (χ3v) is 5.69. The highest BCUT2D eigenvalue weighted by molar-refractivity contribution is 9.10. The number of benzene rings is 2. The van der Waals surface area contributed by atoms with Crippen LogP contribution in [0.1, 0.15) is 18.1 Å². The van der Waals surface area contributed by atoms with Crippen LogP contribution in [-0.4, -0.2) is 22.7 Å². The fourth-order valence-corrected chi connectivity index (χ4v) is 4.08. The van der Waals surface area contributed by atoms with Gasteiger partial charge in [0.05, 0.1) is 22.5 Å². The second-order valence-electron chi connectivity index (χ2n) is 5.59. The van der Waals surface area contributed by atoms with Crippen LogP contribution in [0.4, 0.5) is 9.18 Å². The summed E-state index contributed by atoms with van der Waals surface area (Å²) in [4.78, 5) is 26.1. The minimum atomic E-state index is -0.555. The molecule has 2 aromatic carbocycles. The summed E-state index contributed by atoms with van der Waals surface area (Å²) in [5, 5.41) is -0.288. The molecule has 8 heteroatoms. The van der Waals surface area contributed by atoms with E-state index in [0.717, 1.165) is 26.7 Å². The second-order valence-corrected chi connectivity index (χ2v) is 7.85. The molecular weight excluding hydrogens is 457 g/mol. The molecule has 0 aliphatic carbocycles. The summed E-state index contributed by atoms with van der Waals surface area (Å²) in [5.74, 6) is -0.341. The zero-order valence-corrected chi connectivity index (χ0v) is 17.3. The van der Waals surface area contributed by atoms with E-state index in [9.17, 15) is 14.0 Å². The first kappa shape index (κ1) is 19.9. The highest BCUT2D eigenvalue weighted by Gasteiger charge is 2.35. The van der Waals surface area contributed by atoms with E-state index in [0.29, 0.717) is 12.4 Å². The fraction of sp³-hybridized carbons (Fsp3) is 0.158. The molecule has 0 saturated carbocycles. The first-order chi connectivity index (χ1) is 12.9. The van der Waals surface area contributed by atoms with E-state index in [1.807, 2.05) is 6.92 Å². The molecule has 2 aromatic rings. The number of carbonyl (C=O) groups is 2. The monoisotopic (exact) mass is 469 g/mol. The number of hydrogen-bond donors (Lipinski definition) is 0. The summed E-state index contributed by atoms with van der Waals surface area (Å²) in [7, 11) is 0. The molecule has 1 fully saturated rings. The lowest BCUT2D eigenvalue weighted by molar-refractivity contribution is -0.123. The maximum Gasteiger partial charge on any atom is 0.293 e. The van der Waals surface area contributed by atoms with Crippen LogP contribution in [0.15, 0.2) is 45.8 Å². The van der Waals surface area contributed by atoms with Gasteiger partial charge in [-0.15, -0.1) is 0 Å². The van der Waals surface area contributed by atoms with E-state index in [2.05, 4.69) is 15.9 Å². The Morgan fingerprint density at radius 1 is 1.30 bits per heavy atom. The van der Waals surface area contributed by atoms with Crippen LogP contribution in [0, 0.1) is 5.82 Å². The van der Waals surface area contributed by atoms with E-state index < -0.39 is 17.0 Å². The highest BCUT2D eigenvalue weighted by atomic mass is 79.9. The Hall–Kier alpha value is -1.83. The minimum absolute atomic E-state index is 0.117. The molecular formula is C19H14BrClFNO3S. The Labute approximate surface area is 173 Å². The molecule has 0 spiro atoms. The molecule has 1 aliphatic rings. The van der Waals surface area contributed by atoms with Gasteiger partial charge in [-0.25, -0.2) is 4.39 Å². The van der Waals surface area contributed by atoms with E-state index in [1.165, 1.54) is 18.2 Å². The van der Waals surface area contributed by atoms with Crippen molar-refractivity contribution in [3.05, 3.63) is 67.7 Å². The van der Waals surface area contributed by atoms with Gasteiger partial charge in [-0.1, -0.05) is 23.7 Å². The van der Waals surface area contributed by atoms with Crippen molar-refractivity contribution in [2.45, 2.75) is 13.5 Å². The molecule has 27 heavy (non-hydrogen) atoms. The number of thioether (sulfide) groups is 1. The summed E-state index contributed by atoms with van der Waals surface area (Å²) >= 11 is 10.2. The Balaban J connectivity index is 1.83. The summed E-state index contributed by atoms with van der Waals surface area (Å²) in [5.41, 5.74) is 0.853. The van der Waals surface area contributed by atoms with Gasteiger partial charge in [0, 0.05) is 10.6 Å². The van der Waals surface area contributed by atoms with Crippen molar-refractivity contribution < 1.29 is 18.7 Å². The fourth-order valence-electron chi connectivity index (χ4n) is 2.51. The van der Waals surface area contributed by atoms with Crippen LogP contribution in [0.25, 0.3) is 6.08 Å². The normalized spacial score (nSPS) is 15.7. The van der Waals surface area contributed by atoms with Gasteiger partial charge in [0.15, 0.2) is 0 Å². The number of nitrogens with zero attached hydrogens (tertiary/aromatic N) is 1. The maximum atomic E-state index is 14.0. The molecule has 0 aromatic heterocycles. The standard InChI is InChI=1S/C19H14BrClFNO3S/c1-2-26-16-7-6-11(8-13(16)20)9-17-18(24)23(19(25)27-17)10-12-14(21)4-3-5-15(12)22/h3-9H,2,10H2,1H3/b17-9-. The van der Waals surface area contributed by atoms with E-state index in [-0.39, 0.29) is 22.0 Å². The number of amides is 2. The molecule has 140 valence electrons. The van der Waals surface area contributed by atoms with E-state index in [4.69, 9.17) is 16.3 Å². The van der Waals surface area contributed by atoms with Crippen molar-refractivity contribution in [3.8, 4) is 5.75 Å². The third-order valence-electron chi connectivity index (χ3n) is 3.81. The lowest BCUT2D eigenvalue weighted by Crippen LogP contribution is -2.28. The van der Waals surface area contributed by atoms with Crippen molar-refractivity contribution in [2.75, 3.05) is 6.61 Å². The van der Waals surface area contributed by atoms with Gasteiger partial charge >= 0.3 is 0 Å². The number of imide groups is 1. The number of halogens is 3. The zero-order chi connectivity index (χ0) is 19.6. The van der Waals surface area contributed by atoms with Crippen molar-refractivity contribution in [1.82, 2.24) is 4.90 Å². The first-order valence-corrected chi connectivity index (χ1v) is 10.00. The van der Waals surface area contributed by atoms with Crippen molar-refractivity contribution in [2.24, 2.45) is 0 Å². The summed E-state index contributed by atoms with van der Waals surface area (Å²) in [6.07, 6.45) is 1.62. The van der Waals surface area contributed by atoms with Crippen LogP contribution in [0.5, 0.6) is 5.75 Å². The van der Waals surface area contributed by atoms with Gasteiger partial charge in [0.25, 0.3) is 11.1 Å². The van der Waals surface area contributed by atoms with Crippen LogP contribution in [-0.2, 0) is 11.3 Å². The molecule has 0 unspecified atom stereocenters. The number of carbonyl (C=O) groups excluding carboxylic acids is 2. The Bertz CT molecular complexity index is 930. The van der Waals surface area contributed by atoms with Crippen LogP contribution < -0.4 is 4.74 Å². The topological polar surface area (TPSA) is 46.6 Å². The average molecular weight is 471 g/mol. The molecule has 0 atom stereocenters. The van der Waals surface area contributed by atoms with Crippen molar-refractivity contribution in [1.29, 1.82) is 0 Å². The van der Waals surface area contributed by atoms with Gasteiger partial charge in [-0.2, -0.15) is 0 Å².